The summed E-state index contributed by atoms with van der Waals surface area (Å²) in [5.74, 6) is 4.24. The van der Waals surface area contributed by atoms with Crippen LogP contribution in [-0.4, -0.2) is 80.3 Å². The van der Waals surface area contributed by atoms with Gasteiger partial charge in [0.05, 0.1) is 12.3 Å². The maximum absolute atomic E-state index is 14.5. The summed E-state index contributed by atoms with van der Waals surface area (Å²) in [5.41, 5.74) is 4.15. The van der Waals surface area contributed by atoms with Crippen LogP contribution >= 0.6 is 22.3 Å². The molecule has 4 aliphatic rings. The first-order chi connectivity index (χ1) is 25.0. The SMILES string of the molecule is C=S1NC(=O)c2ccc3c(c2)N(CC(c2ccc(Cl)cc2CCC)CO3)CC2CCC2C(CN2CCCC(F)(F)CCNCC2)/C=C/CC(C)C1C. The Morgan fingerprint density at radius 1 is 1.08 bits per heavy atom. The number of aryl methyl sites for hydroxylation is 1. The average molecular weight is 757 g/mol. The average Bonchev–Trinajstić information content (AvgIpc) is 3.28. The second kappa shape index (κ2) is 17.8. The summed E-state index contributed by atoms with van der Waals surface area (Å²) >= 11 is 6.49. The van der Waals surface area contributed by atoms with E-state index in [2.05, 4.69) is 70.8 Å². The van der Waals surface area contributed by atoms with E-state index in [9.17, 15) is 13.6 Å². The van der Waals surface area contributed by atoms with Crippen LogP contribution in [0.5, 0.6) is 5.75 Å². The number of amides is 1. The summed E-state index contributed by atoms with van der Waals surface area (Å²) in [5, 5.41) is 4.23. The lowest BCUT2D eigenvalue weighted by Crippen LogP contribution is -2.46. The summed E-state index contributed by atoms with van der Waals surface area (Å²) in [7, 11) is -0.564. The van der Waals surface area contributed by atoms with Gasteiger partial charge in [-0.25, -0.2) is 8.78 Å². The highest BCUT2D eigenvalue weighted by molar-refractivity contribution is 8.13. The van der Waals surface area contributed by atoms with Crippen LogP contribution in [-0.2, 0) is 6.42 Å². The molecule has 1 saturated heterocycles. The minimum absolute atomic E-state index is 0.0517. The molecule has 3 heterocycles. The van der Waals surface area contributed by atoms with Gasteiger partial charge in [-0.05, 0) is 104 Å². The number of carbonyl (C=O) groups excluding carboxylic acids is 1. The van der Waals surface area contributed by atoms with E-state index >= 15 is 0 Å². The third-order valence-electron chi connectivity index (χ3n) is 12.1. The smallest absolute Gasteiger partial charge is 0.260 e. The van der Waals surface area contributed by atoms with Gasteiger partial charge >= 0.3 is 0 Å². The van der Waals surface area contributed by atoms with E-state index < -0.39 is 16.6 Å². The number of nitrogens with one attached hydrogen (secondary N) is 2. The third kappa shape index (κ3) is 9.79. The molecule has 2 bridgehead atoms. The van der Waals surface area contributed by atoms with E-state index in [1.54, 1.807) is 0 Å². The van der Waals surface area contributed by atoms with Gasteiger partial charge in [0.2, 0.25) is 5.92 Å². The van der Waals surface area contributed by atoms with Crippen molar-refractivity contribution in [3.05, 3.63) is 70.3 Å². The van der Waals surface area contributed by atoms with Crippen LogP contribution in [0, 0.1) is 23.7 Å². The van der Waals surface area contributed by atoms with Gasteiger partial charge in [-0.15, -0.1) is 0 Å². The zero-order valence-electron chi connectivity index (χ0n) is 31.4. The number of halogens is 3. The van der Waals surface area contributed by atoms with Gasteiger partial charge in [0, 0.05) is 73.9 Å². The van der Waals surface area contributed by atoms with Crippen molar-refractivity contribution in [1.82, 2.24) is 14.9 Å². The van der Waals surface area contributed by atoms with E-state index in [1.165, 1.54) is 11.1 Å². The predicted molar refractivity (Wildman–Crippen MR) is 215 cm³/mol. The van der Waals surface area contributed by atoms with Gasteiger partial charge < -0.3 is 24.6 Å². The molecule has 1 amide bonds. The van der Waals surface area contributed by atoms with Gasteiger partial charge in [0.25, 0.3) is 5.91 Å². The van der Waals surface area contributed by atoms with Crippen LogP contribution in [0.4, 0.5) is 14.5 Å². The fourth-order valence-electron chi connectivity index (χ4n) is 8.59. The molecule has 6 nitrogen and oxygen atoms in total. The number of hydrogen-bond donors (Lipinski definition) is 2. The lowest BCUT2D eigenvalue weighted by molar-refractivity contribution is -0.0217. The molecular weight excluding hydrogens is 698 g/mol. The van der Waals surface area contributed by atoms with Crippen LogP contribution in [0.15, 0.2) is 48.6 Å². The molecule has 286 valence electrons. The molecule has 6 rings (SSSR count). The Morgan fingerprint density at radius 2 is 1.92 bits per heavy atom. The standard InChI is InChI=1S/C42H59ClF2N4O2S/c1-5-8-31-23-36(43)13-15-37(31)35-27-49-26-34-11-14-38(34)33(25-48-21-7-17-42(44,45)18-19-46-20-22-48)10-6-9-29(2)30(3)52(4)47-41(50)32-12-16-40(51-28-35)39(49)24-32/h6,10,12-13,15-16,23-24,29-30,33-35,38,46H,4-5,7-9,11,14,17-22,25-28H2,1-3H3,(H,47,50)/b10-6+. The van der Waals surface area contributed by atoms with E-state index in [1.807, 2.05) is 24.3 Å². The summed E-state index contributed by atoms with van der Waals surface area (Å²) < 4.78 is 38.7. The van der Waals surface area contributed by atoms with Crippen molar-refractivity contribution in [2.24, 2.45) is 23.7 Å². The van der Waals surface area contributed by atoms with Crippen molar-refractivity contribution in [2.45, 2.75) is 89.2 Å². The first-order valence-electron chi connectivity index (χ1n) is 19.6. The Labute approximate surface area is 318 Å². The van der Waals surface area contributed by atoms with Crippen molar-refractivity contribution >= 4 is 39.7 Å². The Hall–Kier alpha value is -2.46. The van der Waals surface area contributed by atoms with Crippen molar-refractivity contribution in [1.29, 1.82) is 0 Å². The Balaban J connectivity index is 1.33. The zero-order valence-corrected chi connectivity index (χ0v) is 32.9. The molecule has 7 unspecified atom stereocenters. The highest BCUT2D eigenvalue weighted by Crippen LogP contribution is 2.45. The molecule has 1 saturated carbocycles. The molecule has 1 aliphatic carbocycles. The summed E-state index contributed by atoms with van der Waals surface area (Å²) in [6.45, 7) is 12.3. The quantitative estimate of drug-likeness (QED) is 0.236. The van der Waals surface area contributed by atoms with Crippen LogP contribution in [0.3, 0.4) is 0 Å². The third-order valence-corrected chi connectivity index (χ3v) is 14.2. The topological polar surface area (TPSA) is 56.8 Å². The monoisotopic (exact) mass is 756 g/mol. The molecule has 2 fully saturated rings. The first kappa shape index (κ1) is 39.2. The number of hydrogen-bond acceptors (Lipinski definition) is 5. The number of anilines is 1. The first-order valence-corrected chi connectivity index (χ1v) is 21.5. The van der Waals surface area contributed by atoms with E-state index in [4.69, 9.17) is 16.3 Å². The predicted octanol–water partition coefficient (Wildman–Crippen LogP) is 8.96. The Kier molecular flexibility index (Phi) is 13.4. The van der Waals surface area contributed by atoms with Crippen molar-refractivity contribution in [2.75, 3.05) is 57.3 Å². The minimum Gasteiger partial charge on any atom is -0.491 e. The second-order valence-corrected chi connectivity index (χ2v) is 18.1. The maximum atomic E-state index is 14.5. The number of nitrogens with zero attached hydrogens (tertiary/aromatic N) is 2. The molecule has 52 heavy (non-hydrogen) atoms. The van der Waals surface area contributed by atoms with Crippen LogP contribution in [0.25, 0.3) is 0 Å². The number of fused-ring (bicyclic) bond motifs is 2. The molecule has 2 N–H and O–H groups in total. The molecule has 0 spiro atoms. The summed E-state index contributed by atoms with van der Waals surface area (Å²) in [6.07, 6.45) is 10.4. The van der Waals surface area contributed by atoms with Gasteiger partial charge in [-0.2, -0.15) is 0 Å². The number of allylic oxidation sites excluding steroid dienone is 1. The Bertz CT molecular complexity index is 1590. The van der Waals surface area contributed by atoms with Gasteiger partial charge in [0.15, 0.2) is 0 Å². The molecule has 2 aromatic rings. The molecule has 10 heteroatoms. The van der Waals surface area contributed by atoms with Crippen molar-refractivity contribution in [3.8, 4) is 5.75 Å². The molecule has 0 aromatic heterocycles. The van der Waals surface area contributed by atoms with Crippen LogP contribution in [0.2, 0.25) is 5.02 Å². The summed E-state index contributed by atoms with van der Waals surface area (Å²) in [4.78, 5) is 18.6. The van der Waals surface area contributed by atoms with Gasteiger partial charge in [-0.3, -0.25) is 4.79 Å². The van der Waals surface area contributed by atoms with Crippen molar-refractivity contribution < 1.29 is 18.3 Å². The van der Waals surface area contributed by atoms with Gasteiger partial charge in [0.1, 0.15) is 5.75 Å². The molecule has 3 aliphatic heterocycles. The lowest BCUT2D eigenvalue weighted by Gasteiger charge is -2.45. The van der Waals surface area contributed by atoms with E-state index in [-0.39, 0.29) is 29.9 Å². The van der Waals surface area contributed by atoms with Crippen LogP contribution in [0.1, 0.15) is 93.1 Å². The molecule has 2 aromatic carbocycles. The highest BCUT2D eigenvalue weighted by Gasteiger charge is 2.39. The molecule has 0 radical (unpaired) electrons. The largest absolute Gasteiger partial charge is 0.491 e. The molecule has 7 atom stereocenters. The fraction of sp³-hybridized carbons (Fsp3) is 0.619. The zero-order chi connectivity index (χ0) is 36.8. The number of ether oxygens (including phenoxy) is 1. The lowest BCUT2D eigenvalue weighted by atomic mass is 9.66. The van der Waals surface area contributed by atoms with Crippen molar-refractivity contribution in [3.63, 3.8) is 0 Å². The maximum Gasteiger partial charge on any atom is 0.260 e. The number of carbonyl (C=O) groups is 1. The van der Waals surface area contributed by atoms with Crippen LogP contribution < -0.4 is 19.7 Å². The van der Waals surface area contributed by atoms with Gasteiger partial charge in [-0.1, -0.05) is 73.6 Å². The number of rotatable bonds is 5. The molecular formula is C42H59ClF2N4O2S. The highest BCUT2D eigenvalue weighted by atomic mass is 35.5. The number of benzene rings is 2. The normalized spacial score (nSPS) is 31.2. The minimum atomic E-state index is -2.61. The van der Waals surface area contributed by atoms with E-state index in [0.29, 0.717) is 55.4 Å². The number of alkyl halides is 2. The summed E-state index contributed by atoms with van der Waals surface area (Å²) in [6, 6.07) is 12.2. The second-order valence-electron chi connectivity index (χ2n) is 15.8. The Morgan fingerprint density at radius 3 is 2.71 bits per heavy atom. The fourth-order valence-corrected chi connectivity index (χ4v) is 9.99. The van der Waals surface area contributed by atoms with E-state index in [0.717, 1.165) is 81.3 Å².